The molecule has 4 nitrogen and oxygen atoms in total. The molecule has 1 aliphatic heterocycles. The van der Waals surface area contributed by atoms with E-state index in [0.29, 0.717) is 18.0 Å². The molecule has 88 valence electrons. The first-order valence-corrected chi connectivity index (χ1v) is 7.17. The molecule has 0 unspecified atom stereocenters. The molecule has 1 aromatic carbocycles. The third-order valence-electron chi connectivity index (χ3n) is 2.38. The van der Waals surface area contributed by atoms with Crippen molar-refractivity contribution in [3.8, 4) is 0 Å². The number of nitrogens with zero attached hydrogens (tertiary/aromatic N) is 1. The van der Waals surface area contributed by atoms with Crippen molar-refractivity contribution in [3.63, 3.8) is 0 Å². The Morgan fingerprint density at radius 3 is 2.50 bits per heavy atom. The summed E-state index contributed by atoms with van der Waals surface area (Å²) in [6.07, 6.45) is 0.746. The van der Waals surface area contributed by atoms with Gasteiger partial charge in [-0.25, -0.2) is 8.42 Å². The maximum Gasteiger partial charge on any atom is 0.245 e. The van der Waals surface area contributed by atoms with Gasteiger partial charge in [0.15, 0.2) is 0 Å². The van der Waals surface area contributed by atoms with E-state index in [0.717, 1.165) is 10.9 Å². The lowest BCUT2D eigenvalue weighted by atomic mass is 10.4. The molecule has 1 fully saturated rings. The van der Waals surface area contributed by atoms with Gasteiger partial charge in [-0.05, 0) is 30.7 Å². The van der Waals surface area contributed by atoms with E-state index in [1.807, 2.05) is 0 Å². The van der Waals surface area contributed by atoms with Gasteiger partial charge < -0.3 is 4.74 Å². The summed E-state index contributed by atoms with van der Waals surface area (Å²) in [7, 11) is -3.39. The Balaban J connectivity index is 2.27. The highest BCUT2D eigenvalue weighted by Gasteiger charge is 2.26. The highest BCUT2D eigenvalue weighted by atomic mass is 79.9. The Kier molecular flexibility index (Phi) is 3.63. The smallest absolute Gasteiger partial charge is 0.245 e. The topological polar surface area (TPSA) is 46.6 Å². The predicted octanol–water partition coefficient (Wildman–Crippen LogP) is 1.82. The van der Waals surface area contributed by atoms with Crippen LogP contribution >= 0.6 is 15.9 Å². The molecule has 0 saturated carbocycles. The van der Waals surface area contributed by atoms with Crippen molar-refractivity contribution in [2.75, 3.05) is 19.9 Å². The van der Waals surface area contributed by atoms with E-state index >= 15 is 0 Å². The van der Waals surface area contributed by atoms with Gasteiger partial charge in [0.2, 0.25) is 10.0 Å². The molecule has 1 aromatic rings. The monoisotopic (exact) mass is 305 g/mol. The minimum atomic E-state index is -3.39. The third kappa shape index (κ3) is 2.45. The van der Waals surface area contributed by atoms with E-state index in [-0.39, 0.29) is 6.73 Å². The molecule has 0 radical (unpaired) electrons. The van der Waals surface area contributed by atoms with Gasteiger partial charge in [0, 0.05) is 17.6 Å². The zero-order valence-corrected chi connectivity index (χ0v) is 11.0. The van der Waals surface area contributed by atoms with Gasteiger partial charge in [-0.15, -0.1) is 0 Å². The van der Waals surface area contributed by atoms with Crippen LogP contribution in [0.1, 0.15) is 6.42 Å². The first-order valence-electron chi connectivity index (χ1n) is 4.94. The number of sulfonamides is 1. The molecular formula is C10H12BrNO3S. The Bertz CT molecular complexity index is 451. The summed E-state index contributed by atoms with van der Waals surface area (Å²) in [4.78, 5) is 0.307. The molecule has 2 rings (SSSR count). The van der Waals surface area contributed by atoms with E-state index in [4.69, 9.17) is 4.74 Å². The second kappa shape index (κ2) is 4.83. The fourth-order valence-corrected chi connectivity index (χ4v) is 3.14. The summed E-state index contributed by atoms with van der Waals surface area (Å²) in [5.74, 6) is 0. The van der Waals surface area contributed by atoms with Gasteiger partial charge in [-0.1, -0.05) is 15.9 Å². The van der Waals surface area contributed by atoms with Crippen LogP contribution in [-0.4, -0.2) is 32.6 Å². The van der Waals surface area contributed by atoms with Crippen LogP contribution in [0.3, 0.4) is 0 Å². The fraction of sp³-hybridized carbons (Fsp3) is 0.400. The minimum Gasteiger partial charge on any atom is -0.365 e. The van der Waals surface area contributed by atoms with Crippen molar-refractivity contribution in [1.82, 2.24) is 4.31 Å². The standard InChI is InChI=1S/C10H12BrNO3S/c11-9-2-4-10(5-3-9)16(13,14)12-6-1-7-15-8-12/h2-5H,1,6-8H2. The van der Waals surface area contributed by atoms with Gasteiger partial charge in [0.05, 0.1) is 4.90 Å². The van der Waals surface area contributed by atoms with Crippen LogP contribution in [0.15, 0.2) is 33.6 Å². The summed E-state index contributed by atoms with van der Waals surface area (Å²) >= 11 is 3.28. The van der Waals surface area contributed by atoms with Gasteiger partial charge in [-0.2, -0.15) is 4.31 Å². The highest BCUT2D eigenvalue weighted by molar-refractivity contribution is 9.10. The average Bonchev–Trinajstić information content (AvgIpc) is 2.31. The largest absolute Gasteiger partial charge is 0.365 e. The number of ether oxygens (including phenoxy) is 1. The molecule has 16 heavy (non-hydrogen) atoms. The summed E-state index contributed by atoms with van der Waals surface area (Å²) in [5.41, 5.74) is 0. The molecule has 6 heteroatoms. The first-order chi connectivity index (χ1) is 7.60. The molecule has 1 aliphatic rings. The number of hydrogen-bond acceptors (Lipinski definition) is 3. The summed E-state index contributed by atoms with van der Waals surface area (Å²) in [6.45, 7) is 1.31. The zero-order chi connectivity index (χ0) is 11.6. The van der Waals surface area contributed by atoms with Crippen LogP contribution in [0.25, 0.3) is 0 Å². The van der Waals surface area contributed by atoms with Crippen LogP contribution < -0.4 is 0 Å². The van der Waals surface area contributed by atoms with E-state index in [1.165, 1.54) is 4.31 Å². The van der Waals surface area contributed by atoms with Crippen LogP contribution in [0.2, 0.25) is 0 Å². The molecule has 0 atom stereocenters. The maximum atomic E-state index is 12.1. The fourth-order valence-electron chi connectivity index (χ4n) is 1.52. The number of halogens is 1. The van der Waals surface area contributed by atoms with Gasteiger partial charge in [0.25, 0.3) is 0 Å². The molecule has 1 heterocycles. The molecule has 1 saturated heterocycles. The quantitative estimate of drug-likeness (QED) is 0.837. The van der Waals surface area contributed by atoms with Crippen molar-refractivity contribution in [3.05, 3.63) is 28.7 Å². The summed E-state index contributed by atoms with van der Waals surface area (Å²) in [6, 6.07) is 6.62. The summed E-state index contributed by atoms with van der Waals surface area (Å²) < 4.78 is 31.6. The van der Waals surface area contributed by atoms with Crippen LogP contribution in [0.5, 0.6) is 0 Å². The number of benzene rings is 1. The molecule has 0 amide bonds. The number of hydrogen-bond donors (Lipinski definition) is 0. The Hall–Kier alpha value is -0.430. The lowest BCUT2D eigenvalue weighted by molar-refractivity contribution is 0.0313. The first kappa shape index (κ1) is 12.0. The lowest BCUT2D eigenvalue weighted by Crippen LogP contribution is -2.38. The highest BCUT2D eigenvalue weighted by Crippen LogP contribution is 2.20. The molecule has 0 N–H and O–H groups in total. The van der Waals surface area contributed by atoms with E-state index in [1.54, 1.807) is 24.3 Å². The van der Waals surface area contributed by atoms with E-state index < -0.39 is 10.0 Å². The van der Waals surface area contributed by atoms with Crippen LogP contribution in [0, 0.1) is 0 Å². The number of rotatable bonds is 2. The summed E-state index contributed by atoms with van der Waals surface area (Å²) in [5, 5.41) is 0. The molecule has 0 bridgehead atoms. The average molecular weight is 306 g/mol. The normalized spacial score (nSPS) is 18.6. The van der Waals surface area contributed by atoms with Crippen molar-refractivity contribution < 1.29 is 13.2 Å². The molecule has 0 aromatic heterocycles. The van der Waals surface area contributed by atoms with Crippen LogP contribution in [0.4, 0.5) is 0 Å². The predicted molar refractivity (Wildman–Crippen MR) is 63.5 cm³/mol. The lowest BCUT2D eigenvalue weighted by Gasteiger charge is -2.25. The van der Waals surface area contributed by atoms with Gasteiger partial charge in [-0.3, -0.25) is 0 Å². The van der Waals surface area contributed by atoms with Crippen molar-refractivity contribution in [2.45, 2.75) is 11.3 Å². The Morgan fingerprint density at radius 2 is 1.94 bits per heavy atom. The molecular weight excluding hydrogens is 294 g/mol. The zero-order valence-electron chi connectivity index (χ0n) is 8.60. The van der Waals surface area contributed by atoms with Crippen molar-refractivity contribution in [1.29, 1.82) is 0 Å². The second-order valence-corrected chi connectivity index (χ2v) is 6.38. The third-order valence-corrected chi connectivity index (χ3v) is 4.75. The molecule has 0 aliphatic carbocycles. The SMILES string of the molecule is O=S(=O)(c1ccc(Br)cc1)N1CCCOC1. The Labute approximate surface area is 103 Å². The minimum absolute atomic E-state index is 0.151. The van der Waals surface area contributed by atoms with Crippen molar-refractivity contribution in [2.24, 2.45) is 0 Å². The Morgan fingerprint density at radius 1 is 1.25 bits per heavy atom. The maximum absolute atomic E-state index is 12.1. The second-order valence-electron chi connectivity index (χ2n) is 3.53. The van der Waals surface area contributed by atoms with E-state index in [2.05, 4.69) is 15.9 Å². The van der Waals surface area contributed by atoms with Crippen LogP contribution in [-0.2, 0) is 14.8 Å². The van der Waals surface area contributed by atoms with Crippen molar-refractivity contribution >= 4 is 26.0 Å². The van der Waals surface area contributed by atoms with E-state index in [9.17, 15) is 8.42 Å². The van der Waals surface area contributed by atoms with Gasteiger partial charge >= 0.3 is 0 Å². The van der Waals surface area contributed by atoms with Gasteiger partial charge in [0.1, 0.15) is 6.73 Å². The molecule has 0 spiro atoms.